The molecular formula is C14H27BrN2. The third-order valence-electron chi connectivity index (χ3n) is 4.76. The first-order valence-corrected chi connectivity index (χ1v) is 8.22. The van der Waals surface area contributed by atoms with Gasteiger partial charge in [0.25, 0.3) is 0 Å². The molecule has 2 nitrogen and oxygen atoms in total. The molecule has 100 valence electrons. The molecule has 1 heterocycles. The zero-order chi connectivity index (χ0) is 12.3. The Kier molecular flexibility index (Phi) is 4.90. The van der Waals surface area contributed by atoms with E-state index in [4.69, 9.17) is 0 Å². The second kappa shape index (κ2) is 6.03. The lowest BCUT2D eigenvalue weighted by Gasteiger charge is -2.40. The van der Waals surface area contributed by atoms with Crippen LogP contribution in [0, 0.1) is 5.41 Å². The van der Waals surface area contributed by atoms with Crippen LogP contribution in [0.2, 0.25) is 0 Å². The molecule has 0 radical (unpaired) electrons. The number of rotatable bonds is 4. The summed E-state index contributed by atoms with van der Waals surface area (Å²) in [6.45, 7) is 3.83. The van der Waals surface area contributed by atoms with Gasteiger partial charge in [-0.15, -0.1) is 0 Å². The number of hydrogen-bond donors (Lipinski definition) is 0. The van der Waals surface area contributed by atoms with E-state index in [1.54, 1.807) is 0 Å². The molecule has 0 N–H and O–H groups in total. The van der Waals surface area contributed by atoms with Crippen LogP contribution in [0.15, 0.2) is 0 Å². The van der Waals surface area contributed by atoms with Crippen LogP contribution in [-0.2, 0) is 0 Å². The van der Waals surface area contributed by atoms with Crippen LogP contribution < -0.4 is 0 Å². The molecule has 1 saturated carbocycles. The van der Waals surface area contributed by atoms with Crippen LogP contribution in [-0.4, -0.2) is 54.9 Å². The highest BCUT2D eigenvalue weighted by Gasteiger charge is 2.35. The second-order valence-electron chi connectivity index (χ2n) is 6.31. The Morgan fingerprint density at radius 1 is 1.29 bits per heavy atom. The summed E-state index contributed by atoms with van der Waals surface area (Å²) in [4.78, 5) is 5.13. The molecule has 2 aliphatic rings. The number of piperidine rings is 1. The molecule has 0 aromatic carbocycles. The minimum Gasteiger partial charge on any atom is -0.305 e. The molecule has 1 saturated heterocycles. The first-order valence-electron chi connectivity index (χ1n) is 7.10. The summed E-state index contributed by atoms with van der Waals surface area (Å²) >= 11 is 3.76. The average molecular weight is 303 g/mol. The van der Waals surface area contributed by atoms with Gasteiger partial charge in [-0.2, -0.15) is 0 Å². The number of alkyl halides is 1. The molecule has 0 aromatic rings. The maximum atomic E-state index is 3.76. The third kappa shape index (κ3) is 3.45. The SMILES string of the molecule is CN1CCCC(N(C)CC2(CBr)CCCC2)C1. The molecule has 2 rings (SSSR count). The number of nitrogens with zero attached hydrogens (tertiary/aromatic N) is 2. The highest BCUT2D eigenvalue weighted by molar-refractivity contribution is 9.09. The minimum absolute atomic E-state index is 0.574. The molecular weight excluding hydrogens is 276 g/mol. The van der Waals surface area contributed by atoms with Crippen molar-refractivity contribution in [3.63, 3.8) is 0 Å². The van der Waals surface area contributed by atoms with Crippen molar-refractivity contribution in [2.24, 2.45) is 5.41 Å². The molecule has 0 amide bonds. The summed E-state index contributed by atoms with van der Waals surface area (Å²) in [5.74, 6) is 0. The lowest BCUT2D eigenvalue weighted by atomic mass is 9.87. The summed E-state index contributed by atoms with van der Waals surface area (Å²) in [6.07, 6.45) is 8.47. The first kappa shape index (κ1) is 13.8. The predicted molar refractivity (Wildman–Crippen MR) is 77.8 cm³/mol. The molecule has 17 heavy (non-hydrogen) atoms. The van der Waals surface area contributed by atoms with E-state index in [0.717, 1.165) is 6.04 Å². The van der Waals surface area contributed by atoms with Crippen molar-refractivity contribution in [3.8, 4) is 0 Å². The quantitative estimate of drug-likeness (QED) is 0.737. The lowest BCUT2D eigenvalue weighted by Crippen LogP contribution is -2.48. The molecule has 0 aromatic heterocycles. The molecule has 3 heteroatoms. The van der Waals surface area contributed by atoms with Crippen LogP contribution in [0.5, 0.6) is 0 Å². The van der Waals surface area contributed by atoms with Gasteiger partial charge in [0, 0.05) is 24.5 Å². The summed E-state index contributed by atoms with van der Waals surface area (Å²) in [7, 11) is 4.60. The fraction of sp³-hybridized carbons (Fsp3) is 1.00. The van der Waals surface area contributed by atoms with Crippen LogP contribution in [0.25, 0.3) is 0 Å². The van der Waals surface area contributed by atoms with Gasteiger partial charge in [0.15, 0.2) is 0 Å². The van der Waals surface area contributed by atoms with E-state index < -0.39 is 0 Å². The Hall–Kier alpha value is 0.400. The van der Waals surface area contributed by atoms with E-state index in [1.165, 1.54) is 63.5 Å². The molecule has 1 unspecified atom stereocenters. The van der Waals surface area contributed by atoms with Crippen molar-refractivity contribution < 1.29 is 0 Å². The summed E-state index contributed by atoms with van der Waals surface area (Å²) in [5, 5.41) is 1.19. The van der Waals surface area contributed by atoms with E-state index >= 15 is 0 Å². The maximum absolute atomic E-state index is 3.76. The van der Waals surface area contributed by atoms with E-state index in [0.29, 0.717) is 5.41 Å². The Morgan fingerprint density at radius 3 is 2.59 bits per heavy atom. The largest absolute Gasteiger partial charge is 0.305 e. The Balaban J connectivity index is 1.88. The number of likely N-dealkylation sites (N-methyl/N-ethyl adjacent to an activating group) is 2. The highest BCUT2D eigenvalue weighted by atomic mass is 79.9. The van der Waals surface area contributed by atoms with Crippen molar-refractivity contribution in [1.29, 1.82) is 0 Å². The van der Waals surface area contributed by atoms with E-state index in [2.05, 4.69) is 39.8 Å². The number of hydrogen-bond acceptors (Lipinski definition) is 2. The van der Waals surface area contributed by atoms with Gasteiger partial charge < -0.3 is 9.80 Å². The second-order valence-corrected chi connectivity index (χ2v) is 6.87. The van der Waals surface area contributed by atoms with Crippen molar-refractivity contribution in [2.75, 3.05) is 39.1 Å². The van der Waals surface area contributed by atoms with Gasteiger partial charge in [-0.1, -0.05) is 28.8 Å². The molecule has 1 atom stereocenters. The van der Waals surface area contributed by atoms with E-state index in [-0.39, 0.29) is 0 Å². The Bertz CT molecular complexity index is 238. The summed E-state index contributed by atoms with van der Waals surface area (Å²) in [6, 6.07) is 0.783. The Morgan fingerprint density at radius 2 is 2.00 bits per heavy atom. The first-order chi connectivity index (χ1) is 8.15. The fourth-order valence-electron chi connectivity index (χ4n) is 3.62. The van der Waals surface area contributed by atoms with Crippen LogP contribution in [0.4, 0.5) is 0 Å². The molecule has 1 aliphatic heterocycles. The molecule has 1 aliphatic carbocycles. The van der Waals surface area contributed by atoms with Gasteiger partial charge >= 0.3 is 0 Å². The maximum Gasteiger partial charge on any atom is 0.0220 e. The molecule has 0 bridgehead atoms. The minimum atomic E-state index is 0.574. The van der Waals surface area contributed by atoms with Crippen molar-refractivity contribution in [1.82, 2.24) is 9.80 Å². The van der Waals surface area contributed by atoms with Crippen LogP contribution in [0.1, 0.15) is 38.5 Å². The normalized spacial score (nSPS) is 30.0. The van der Waals surface area contributed by atoms with Gasteiger partial charge in [0.05, 0.1) is 0 Å². The molecule has 0 spiro atoms. The zero-order valence-corrected chi connectivity index (χ0v) is 13.0. The Labute approximate surface area is 115 Å². The van der Waals surface area contributed by atoms with E-state index in [1.807, 2.05) is 0 Å². The van der Waals surface area contributed by atoms with Gasteiger partial charge in [0.1, 0.15) is 0 Å². The number of halogens is 1. The van der Waals surface area contributed by atoms with Gasteiger partial charge in [-0.05, 0) is 51.7 Å². The predicted octanol–water partition coefficient (Wildman–Crippen LogP) is 2.97. The average Bonchev–Trinajstić information content (AvgIpc) is 2.78. The van der Waals surface area contributed by atoms with Gasteiger partial charge in [-0.25, -0.2) is 0 Å². The van der Waals surface area contributed by atoms with E-state index in [9.17, 15) is 0 Å². The smallest absolute Gasteiger partial charge is 0.0220 e. The van der Waals surface area contributed by atoms with Crippen molar-refractivity contribution >= 4 is 15.9 Å². The highest BCUT2D eigenvalue weighted by Crippen LogP contribution is 2.40. The monoisotopic (exact) mass is 302 g/mol. The van der Waals surface area contributed by atoms with Gasteiger partial charge in [-0.3, -0.25) is 0 Å². The van der Waals surface area contributed by atoms with Crippen LogP contribution >= 0.6 is 15.9 Å². The lowest BCUT2D eigenvalue weighted by molar-refractivity contribution is 0.0971. The molecule has 2 fully saturated rings. The van der Waals surface area contributed by atoms with Crippen molar-refractivity contribution in [2.45, 2.75) is 44.6 Å². The number of likely N-dealkylation sites (tertiary alicyclic amines) is 1. The van der Waals surface area contributed by atoms with Gasteiger partial charge in [0.2, 0.25) is 0 Å². The third-order valence-corrected chi connectivity index (χ3v) is 5.94. The van der Waals surface area contributed by atoms with Crippen molar-refractivity contribution in [3.05, 3.63) is 0 Å². The summed E-state index contributed by atoms with van der Waals surface area (Å²) in [5.41, 5.74) is 0.574. The summed E-state index contributed by atoms with van der Waals surface area (Å²) < 4.78 is 0. The van der Waals surface area contributed by atoms with Crippen LogP contribution in [0.3, 0.4) is 0 Å². The standard InChI is InChI=1S/C14H27BrN2/c1-16-9-5-6-13(10-16)17(2)12-14(11-15)7-3-4-8-14/h13H,3-12H2,1-2H3. The fourth-order valence-corrected chi connectivity index (χ4v) is 4.35. The zero-order valence-electron chi connectivity index (χ0n) is 11.4. The topological polar surface area (TPSA) is 6.48 Å².